The molecule has 0 fully saturated rings. The minimum atomic E-state index is 1.20. The van der Waals surface area contributed by atoms with Crippen LogP contribution in [0.1, 0.15) is 6.92 Å². The monoisotopic (exact) mass is 95.1 g/mol. The second-order valence-corrected chi connectivity index (χ2v) is 1.46. The highest BCUT2D eigenvalue weighted by atomic mass is 15.3. The van der Waals surface area contributed by atoms with Crippen LogP contribution in [0.5, 0.6) is 0 Å². The van der Waals surface area contributed by atoms with E-state index in [0.717, 1.165) is 0 Å². The lowest BCUT2D eigenvalue weighted by atomic mass is 10.3. The second kappa shape index (κ2) is 1.69. The van der Waals surface area contributed by atoms with Crippen molar-refractivity contribution < 1.29 is 0 Å². The first-order valence-corrected chi connectivity index (χ1v) is 2.18. The van der Waals surface area contributed by atoms with Crippen LogP contribution in [-0.4, -0.2) is 0 Å². The van der Waals surface area contributed by atoms with Crippen molar-refractivity contribution in [2.75, 3.05) is 0 Å². The van der Waals surface area contributed by atoms with Gasteiger partial charge >= 0.3 is 0 Å². The Hall–Kier alpha value is -0.920. The minimum Gasteiger partial charge on any atom is -0.286 e. The third kappa shape index (κ3) is 0.961. The molecule has 0 saturated carbocycles. The lowest BCUT2D eigenvalue weighted by molar-refractivity contribution is 0.742. The average molecular weight is 95.1 g/mol. The molecule has 0 saturated heterocycles. The molecule has 0 aromatic heterocycles. The second-order valence-electron chi connectivity index (χ2n) is 1.46. The van der Waals surface area contributed by atoms with E-state index in [1.807, 2.05) is 19.2 Å². The van der Waals surface area contributed by atoms with Crippen LogP contribution in [-0.2, 0) is 0 Å². The smallest absolute Gasteiger partial charge is 0.0475 e. The molecule has 1 aliphatic heterocycles. The van der Waals surface area contributed by atoms with Gasteiger partial charge in [0.1, 0.15) is 0 Å². The Labute approximate surface area is 42.9 Å². The van der Waals surface area contributed by atoms with Gasteiger partial charge in [-0.25, -0.2) is 0 Å². The number of hydrogen-bond acceptors (Lipinski definition) is 1. The fourth-order valence-electron chi connectivity index (χ4n) is 0.385. The predicted octanol–water partition coefficient (Wildman–Crippen LogP) is 0.526. The first-order chi connectivity index (χ1) is 3.39. The van der Waals surface area contributed by atoms with Crippen molar-refractivity contribution in [3.63, 3.8) is 0 Å². The van der Waals surface area contributed by atoms with Gasteiger partial charge < -0.3 is 0 Å². The Bertz CT molecular complexity index is 113. The Balaban J connectivity index is 2.58. The summed E-state index contributed by atoms with van der Waals surface area (Å²) in [6.45, 7) is 2.01. The fourth-order valence-corrected chi connectivity index (χ4v) is 0.385. The van der Waals surface area contributed by atoms with Crippen LogP contribution in [0.4, 0.5) is 0 Å². The van der Waals surface area contributed by atoms with Crippen molar-refractivity contribution in [1.29, 1.82) is 0 Å². The molecule has 37 valence electrons. The van der Waals surface area contributed by atoms with Gasteiger partial charge in [0.15, 0.2) is 0 Å². The van der Waals surface area contributed by atoms with Crippen LogP contribution >= 0.6 is 0 Å². The molecule has 0 amide bonds. The average Bonchev–Trinajstić information content (AvgIpc) is 1.69. The molecule has 0 bridgehead atoms. The van der Waals surface area contributed by atoms with Gasteiger partial charge in [0.25, 0.3) is 0 Å². The lowest BCUT2D eigenvalue weighted by Gasteiger charge is -2.00. The molecule has 2 nitrogen and oxygen atoms in total. The van der Waals surface area contributed by atoms with Crippen molar-refractivity contribution in [2.45, 2.75) is 6.92 Å². The van der Waals surface area contributed by atoms with Gasteiger partial charge in [0, 0.05) is 12.4 Å². The summed E-state index contributed by atoms with van der Waals surface area (Å²) in [6.07, 6.45) is 5.52. The molecule has 0 aromatic rings. The van der Waals surface area contributed by atoms with Crippen LogP contribution in [0.2, 0.25) is 0 Å². The van der Waals surface area contributed by atoms with Crippen LogP contribution < -0.4 is 10.9 Å². The highest BCUT2D eigenvalue weighted by Gasteiger charge is 1.84. The van der Waals surface area contributed by atoms with Crippen molar-refractivity contribution in [1.82, 2.24) is 10.9 Å². The molecule has 0 spiro atoms. The molecule has 0 unspecified atom stereocenters. The molecule has 2 heteroatoms. The van der Waals surface area contributed by atoms with E-state index >= 15 is 0 Å². The number of allylic oxidation sites excluding steroid dienone is 2. The SMILES string of the molecule is CC1=CN[N]C=C1. The molecule has 1 aliphatic rings. The van der Waals surface area contributed by atoms with Gasteiger partial charge in [-0.05, 0) is 18.6 Å². The maximum absolute atomic E-state index is 3.72. The van der Waals surface area contributed by atoms with Crippen molar-refractivity contribution in [2.24, 2.45) is 0 Å². The van der Waals surface area contributed by atoms with Crippen LogP contribution in [0, 0.1) is 0 Å². The van der Waals surface area contributed by atoms with E-state index in [4.69, 9.17) is 0 Å². The van der Waals surface area contributed by atoms with Gasteiger partial charge in [-0.1, -0.05) is 0 Å². The largest absolute Gasteiger partial charge is 0.286 e. The summed E-state index contributed by atoms with van der Waals surface area (Å²) in [5, 5.41) is 0. The molecule has 0 aliphatic carbocycles. The summed E-state index contributed by atoms with van der Waals surface area (Å²) in [5.41, 5.74) is 7.63. The van der Waals surface area contributed by atoms with Crippen LogP contribution in [0.15, 0.2) is 24.0 Å². The normalized spacial score (nSPS) is 17.0. The van der Waals surface area contributed by atoms with E-state index in [0.29, 0.717) is 0 Å². The van der Waals surface area contributed by atoms with E-state index in [1.165, 1.54) is 5.57 Å². The van der Waals surface area contributed by atoms with Gasteiger partial charge in [-0.3, -0.25) is 5.43 Å². The molecular weight excluding hydrogens is 88.1 g/mol. The van der Waals surface area contributed by atoms with Crippen molar-refractivity contribution in [3.8, 4) is 0 Å². The van der Waals surface area contributed by atoms with Crippen LogP contribution in [0.25, 0.3) is 0 Å². The zero-order chi connectivity index (χ0) is 5.11. The summed E-state index contributed by atoms with van der Waals surface area (Å²) in [5.74, 6) is 0. The Morgan fingerprint density at radius 2 is 2.57 bits per heavy atom. The molecular formula is C5H7N2. The molecule has 7 heavy (non-hydrogen) atoms. The van der Waals surface area contributed by atoms with Gasteiger partial charge in [0.2, 0.25) is 0 Å². The Morgan fingerprint density at radius 1 is 1.71 bits per heavy atom. The molecule has 1 heterocycles. The maximum atomic E-state index is 3.72. The third-order valence-electron chi connectivity index (χ3n) is 0.779. The summed E-state index contributed by atoms with van der Waals surface area (Å²) >= 11 is 0. The summed E-state index contributed by atoms with van der Waals surface area (Å²) in [4.78, 5) is 0. The molecule has 0 atom stereocenters. The highest BCUT2D eigenvalue weighted by Crippen LogP contribution is 1.93. The summed E-state index contributed by atoms with van der Waals surface area (Å²) in [6, 6.07) is 0. The van der Waals surface area contributed by atoms with E-state index in [1.54, 1.807) is 6.20 Å². The van der Waals surface area contributed by atoms with Gasteiger partial charge in [-0.2, -0.15) is 5.43 Å². The molecule has 1 rings (SSSR count). The lowest BCUT2D eigenvalue weighted by Crippen LogP contribution is -2.15. The predicted molar refractivity (Wildman–Crippen MR) is 28.2 cm³/mol. The topological polar surface area (TPSA) is 26.1 Å². The zero-order valence-corrected chi connectivity index (χ0v) is 4.18. The first kappa shape index (κ1) is 4.24. The standard InChI is InChI=1S/C5H7N2/c1-5-2-3-6-7-4-5/h2-4,7H,1H3. The van der Waals surface area contributed by atoms with Crippen molar-refractivity contribution in [3.05, 3.63) is 24.0 Å². The Morgan fingerprint density at radius 3 is 2.86 bits per heavy atom. The Kier molecular flexibility index (Phi) is 1.02. The van der Waals surface area contributed by atoms with E-state index < -0.39 is 0 Å². The molecule has 1 N–H and O–H groups in total. The number of hydrogen-bond donors (Lipinski definition) is 1. The molecule has 0 aromatic carbocycles. The quantitative estimate of drug-likeness (QED) is 0.466. The summed E-state index contributed by atoms with van der Waals surface area (Å²) < 4.78 is 0. The van der Waals surface area contributed by atoms with E-state index in [2.05, 4.69) is 10.9 Å². The van der Waals surface area contributed by atoms with Gasteiger partial charge in [-0.15, -0.1) is 0 Å². The molecule has 1 radical (unpaired) electrons. The zero-order valence-electron chi connectivity index (χ0n) is 4.18. The first-order valence-electron chi connectivity index (χ1n) is 2.18. The number of rotatable bonds is 0. The number of nitrogens with zero attached hydrogens (tertiary/aromatic N) is 1. The maximum Gasteiger partial charge on any atom is 0.0475 e. The summed E-state index contributed by atoms with van der Waals surface area (Å²) in [7, 11) is 0. The van der Waals surface area contributed by atoms with Crippen LogP contribution in [0.3, 0.4) is 0 Å². The fraction of sp³-hybridized carbons (Fsp3) is 0.200. The van der Waals surface area contributed by atoms with Crippen molar-refractivity contribution >= 4 is 0 Å². The van der Waals surface area contributed by atoms with E-state index in [9.17, 15) is 0 Å². The minimum absolute atomic E-state index is 1.20. The highest BCUT2D eigenvalue weighted by molar-refractivity contribution is 5.16. The third-order valence-corrected chi connectivity index (χ3v) is 0.779. The van der Waals surface area contributed by atoms with Gasteiger partial charge in [0.05, 0.1) is 0 Å². The number of nitrogens with one attached hydrogen (secondary N) is 1. The van der Waals surface area contributed by atoms with E-state index in [-0.39, 0.29) is 0 Å².